The Morgan fingerprint density at radius 2 is 2.07 bits per heavy atom. The number of fused-ring (bicyclic) bond motifs is 1. The lowest BCUT2D eigenvalue weighted by atomic mass is 10.1. The molecule has 1 aromatic heterocycles. The van der Waals surface area contributed by atoms with Crippen molar-refractivity contribution < 1.29 is 14.3 Å². The van der Waals surface area contributed by atoms with Crippen LogP contribution in [0, 0.1) is 0 Å². The van der Waals surface area contributed by atoms with Gasteiger partial charge < -0.3 is 4.74 Å². The summed E-state index contributed by atoms with van der Waals surface area (Å²) in [5, 5.41) is 2.75. The first kappa shape index (κ1) is 18.8. The van der Waals surface area contributed by atoms with E-state index >= 15 is 0 Å². The van der Waals surface area contributed by atoms with Crippen molar-refractivity contribution in [1.29, 1.82) is 0 Å². The number of carbonyl (C=O) groups excluding carboxylic acids is 2. The fourth-order valence-electron chi connectivity index (χ4n) is 3.40. The minimum absolute atomic E-state index is 0.131. The number of benzene rings is 2. The van der Waals surface area contributed by atoms with Gasteiger partial charge in [0.2, 0.25) is 5.91 Å². The van der Waals surface area contributed by atoms with E-state index in [1.54, 1.807) is 4.90 Å². The predicted octanol–water partition coefficient (Wildman–Crippen LogP) is 4.25. The zero-order valence-corrected chi connectivity index (χ0v) is 17.5. The summed E-state index contributed by atoms with van der Waals surface area (Å²) in [4.78, 5) is 31.5. The third-order valence-electron chi connectivity index (χ3n) is 4.67. The third-order valence-corrected chi connectivity index (χ3v) is 6.11. The van der Waals surface area contributed by atoms with Crippen LogP contribution in [-0.2, 0) is 27.2 Å². The van der Waals surface area contributed by atoms with E-state index in [9.17, 15) is 9.59 Å². The molecule has 0 N–H and O–H groups in total. The Bertz CT molecular complexity index is 1050. The summed E-state index contributed by atoms with van der Waals surface area (Å²) in [5.41, 5.74) is 3.43. The van der Waals surface area contributed by atoms with Crippen LogP contribution >= 0.6 is 27.3 Å². The summed E-state index contributed by atoms with van der Waals surface area (Å²) < 4.78 is 5.90. The Labute approximate surface area is 175 Å². The van der Waals surface area contributed by atoms with E-state index in [0.29, 0.717) is 12.1 Å². The number of amides is 1. The quantitative estimate of drug-likeness (QED) is 0.550. The number of ether oxygens (including phenoxy) is 1. The Kier molecular flexibility index (Phi) is 5.28. The summed E-state index contributed by atoms with van der Waals surface area (Å²) >= 11 is 4.96. The summed E-state index contributed by atoms with van der Waals surface area (Å²) in [5.74, 6) is -0.566. The van der Waals surface area contributed by atoms with Crippen molar-refractivity contribution in [3.05, 3.63) is 69.6 Å². The monoisotopic (exact) mass is 456 g/mol. The second-order valence-corrected chi connectivity index (χ2v) is 8.24. The number of aromatic nitrogens is 1. The maximum Gasteiger partial charge on any atom is 0.329 e. The Morgan fingerprint density at radius 3 is 2.86 bits per heavy atom. The highest BCUT2D eigenvalue weighted by molar-refractivity contribution is 9.10. The highest BCUT2D eigenvalue weighted by Gasteiger charge is 2.38. The molecule has 0 saturated carbocycles. The fourth-order valence-corrected chi connectivity index (χ4v) is 4.62. The van der Waals surface area contributed by atoms with Crippen molar-refractivity contribution in [2.75, 3.05) is 12.0 Å². The molecule has 28 heavy (non-hydrogen) atoms. The van der Waals surface area contributed by atoms with Crippen LogP contribution in [0.5, 0.6) is 0 Å². The van der Waals surface area contributed by atoms with E-state index < -0.39 is 12.0 Å². The van der Waals surface area contributed by atoms with E-state index in [-0.39, 0.29) is 12.3 Å². The van der Waals surface area contributed by atoms with Crippen LogP contribution < -0.4 is 4.90 Å². The molecule has 2 aromatic carbocycles. The number of carbonyl (C=O) groups is 2. The number of halogens is 1. The van der Waals surface area contributed by atoms with Crippen molar-refractivity contribution in [1.82, 2.24) is 4.98 Å². The van der Waals surface area contributed by atoms with Gasteiger partial charge in [0.05, 0.1) is 19.2 Å². The highest BCUT2D eigenvalue weighted by Crippen LogP contribution is 2.33. The number of esters is 1. The summed E-state index contributed by atoms with van der Waals surface area (Å²) in [7, 11) is 1.35. The average molecular weight is 457 g/mol. The second-order valence-electron chi connectivity index (χ2n) is 6.47. The number of methoxy groups -OCH3 is 1. The van der Waals surface area contributed by atoms with Gasteiger partial charge >= 0.3 is 5.97 Å². The lowest BCUT2D eigenvalue weighted by Crippen LogP contribution is -2.44. The molecule has 0 spiro atoms. The van der Waals surface area contributed by atoms with Gasteiger partial charge in [-0.3, -0.25) is 9.69 Å². The van der Waals surface area contributed by atoms with Gasteiger partial charge in [0, 0.05) is 27.5 Å². The number of anilines is 1. The standard InChI is InChI=1S/C21H17BrN2O3S/c1-27-21(26)18-10-13-5-2-3-8-17(13)24(18)19(25)11-16-12-28-20(23-16)14-6-4-7-15(22)9-14/h2-9,12,18H,10-11H2,1H3. The minimum atomic E-state index is -0.627. The average Bonchev–Trinajstić information content (AvgIpc) is 3.32. The van der Waals surface area contributed by atoms with Gasteiger partial charge in [0.1, 0.15) is 11.0 Å². The molecule has 142 valence electrons. The molecule has 0 radical (unpaired) electrons. The van der Waals surface area contributed by atoms with Gasteiger partial charge in [-0.05, 0) is 23.8 Å². The van der Waals surface area contributed by atoms with Crippen molar-refractivity contribution in [2.45, 2.75) is 18.9 Å². The van der Waals surface area contributed by atoms with E-state index in [1.807, 2.05) is 53.9 Å². The number of nitrogens with zero attached hydrogens (tertiary/aromatic N) is 2. The van der Waals surface area contributed by atoms with Gasteiger partial charge in [-0.2, -0.15) is 0 Å². The number of para-hydroxylation sites is 1. The first-order valence-corrected chi connectivity index (χ1v) is 10.4. The zero-order chi connectivity index (χ0) is 19.7. The zero-order valence-electron chi connectivity index (χ0n) is 15.1. The van der Waals surface area contributed by atoms with Crippen LogP contribution in [0.25, 0.3) is 10.6 Å². The van der Waals surface area contributed by atoms with Gasteiger partial charge in [-0.15, -0.1) is 11.3 Å². The molecular weight excluding hydrogens is 440 g/mol. The molecule has 1 aliphatic rings. The molecule has 1 unspecified atom stereocenters. The molecule has 1 amide bonds. The molecule has 0 aliphatic carbocycles. The molecule has 7 heteroatoms. The maximum atomic E-state index is 13.1. The van der Waals surface area contributed by atoms with Crippen LogP contribution in [0.15, 0.2) is 58.4 Å². The topological polar surface area (TPSA) is 59.5 Å². The van der Waals surface area contributed by atoms with Gasteiger partial charge in [-0.1, -0.05) is 46.3 Å². The lowest BCUT2D eigenvalue weighted by Gasteiger charge is -2.23. The predicted molar refractivity (Wildman–Crippen MR) is 112 cm³/mol. The normalized spacial score (nSPS) is 15.4. The summed E-state index contributed by atoms with van der Waals surface area (Å²) in [6.45, 7) is 0. The molecular formula is C21H17BrN2O3S. The molecule has 5 nitrogen and oxygen atoms in total. The third kappa shape index (κ3) is 3.59. The lowest BCUT2D eigenvalue weighted by molar-refractivity contribution is -0.143. The van der Waals surface area contributed by atoms with Gasteiger partial charge in [0.25, 0.3) is 0 Å². The van der Waals surface area contributed by atoms with Crippen LogP contribution in [0.3, 0.4) is 0 Å². The van der Waals surface area contributed by atoms with E-state index in [0.717, 1.165) is 26.3 Å². The van der Waals surface area contributed by atoms with E-state index in [4.69, 9.17) is 4.74 Å². The van der Waals surface area contributed by atoms with Crippen molar-refractivity contribution in [3.63, 3.8) is 0 Å². The van der Waals surface area contributed by atoms with E-state index in [1.165, 1.54) is 18.4 Å². The summed E-state index contributed by atoms with van der Waals surface area (Å²) in [6, 6.07) is 14.8. The molecule has 4 rings (SSSR count). The van der Waals surface area contributed by atoms with Crippen LogP contribution in [0.1, 0.15) is 11.3 Å². The van der Waals surface area contributed by atoms with Crippen molar-refractivity contribution in [2.24, 2.45) is 0 Å². The fraction of sp³-hybridized carbons (Fsp3) is 0.190. The maximum absolute atomic E-state index is 13.1. The van der Waals surface area contributed by atoms with Crippen LogP contribution in [-0.4, -0.2) is 30.0 Å². The van der Waals surface area contributed by atoms with Crippen LogP contribution in [0.4, 0.5) is 5.69 Å². The Hall–Kier alpha value is -2.51. The number of hydrogen-bond acceptors (Lipinski definition) is 5. The van der Waals surface area contributed by atoms with Crippen molar-refractivity contribution in [3.8, 4) is 10.6 Å². The first-order chi connectivity index (χ1) is 13.6. The van der Waals surface area contributed by atoms with Gasteiger partial charge in [-0.25, -0.2) is 9.78 Å². The Balaban J connectivity index is 1.58. The number of thiazole rings is 1. The molecule has 1 atom stereocenters. The molecule has 0 bridgehead atoms. The molecule has 3 aromatic rings. The first-order valence-electron chi connectivity index (χ1n) is 8.75. The largest absolute Gasteiger partial charge is 0.467 e. The SMILES string of the molecule is COC(=O)C1Cc2ccccc2N1C(=O)Cc1csc(-c2cccc(Br)c2)n1. The second kappa shape index (κ2) is 7.85. The smallest absolute Gasteiger partial charge is 0.329 e. The summed E-state index contributed by atoms with van der Waals surface area (Å²) in [6.07, 6.45) is 0.598. The molecule has 1 aliphatic heterocycles. The highest BCUT2D eigenvalue weighted by atomic mass is 79.9. The number of hydrogen-bond donors (Lipinski definition) is 0. The molecule has 0 saturated heterocycles. The van der Waals surface area contributed by atoms with Crippen LogP contribution in [0.2, 0.25) is 0 Å². The van der Waals surface area contributed by atoms with E-state index in [2.05, 4.69) is 20.9 Å². The van der Waals surface area contributed by atoms with Gasteiger partial charge in [0.15, 0.2) is 0 Å². The molecule has 0 fully saturated rings. The number of rotatable bonds is 4. The minimum Gasteiger partial charge on any atom is -0.467 e. The Morgan fingerprint density at radius 1 is 1.25 bits per heavy atom. The molecule has 2 heterocycles. The van der Waals surface area contributed by atoms with Crippen molar-refractivity contribution >= 4 is 44.8 Å².